The van der Waals surface area contributed by atoms with Crippen molar-refractivity contribution in [3.8, 4) is 6.07 Å². The average Bonchev–Trinajstić information content (AvgIpc) is 2.76. The molecule has 0 spiro atoms. The van der Waals surface area contributed by atoms with Crippen molar-refractivity contribution in [2.75, 3.05) is 11.9 Å². The van der Waals surface area contributed by atoms with E-state index in [0.717, 1.165) is 10.5 Å². The third-order valence-electron chi connectivity index (χ3n) is 4.03. The molecular formula is C23H17ClN2O3S. The minimum atomic E-state index is -0.570. The van der Waals surface area contributed by atoms with Gasteiger partial charge in [-0.2, -0.15) is 5.26 Å². The molecule has 3 aromatic carbocycles. The number of rotatable bonds is 7. The highest BCUT2D eigenvalue weighted by molar-refractivity contribution is 7.98. The van der Waals surface area contributed by atoms with Crippen LogP contribution >= 0.6 is 23.4 Å². The van der Waals surface area contributed by atoms with Gasteiger partial charge in [-0.3, -0.25) is 4.79 Å². The first-order chi connectivity index (χ1) is 14.5. The van der Waals surface area contributed by atoms with Crippen LogP contribution in [0.15, 0.2) is 77.7 Å². The van der Waals surface area contributed by atoms with Gasteiger partial charge in [0, 0.05) is 21.4 Å². The van der Waals surface area contributed by atoms with Crippen molar-refractivity contribution in [1.29, 1.82) is 5.26 Å². The van der Waals surface area contributed by atoms with Gasteiger partial charge in [0.25, 0.3) is 5.91 Å². The van der Waals surface area contributed by atoms with Crippen molar-refractivity contribution in [2.45, 2.75) is 10.6 Å². The maximum absolute atomic E-state index is 12.5. The van der Waals surface area contributed by atoms with Gasteiger partial charge in [-0.15, -0.1) is 11.8 Å². The van der Waals surface area contributed by atoms with Crippen molar-refractivity contribution in [3.63, 3.8) is 0 Å². The maximum Gasteiger partial charge on any atom is 0.339 e. The fourth-order valence-electron chi connectivity index (χ4n) is 2.57. The quantitative estimate of drug-likeness (QED) is 0.401. The number of amides is 1. The normalized spacial score (nSPS) is 10.1. The van der Waals surface area contributed by atoms with Crippen LogP contribution in [0, 0.1) is 11.3 Å². The monoisotopic (exact) mass is 436 g/mol. The van der Waals surface area contributed by atoms with Crippen LogP contribution in [-0.2, 0) is 15.3 Å². The van der Waals surface area contributed by atoms with E-state index in [-0.39, 0.29) is 0 Å². The summed E-state index contributed by atoms with van der Waals surface area (Å²) in [5.41, 5.74) is 2.56. The SMILES string of the molecule is N#Cc1ccc(CSc2ccccc2C(=O)OCC(=O)Nc2cccc(Cl)c2)cc1. The van der Waals surface area contributed by atoms with E-state index in [1.807, 2.05) is 24.3 Å². The number of thioether (sulfide) groups is 1. The number of nitriles is 1. The Labute approximate surface area is 183 Å². The van der Waals surface area contributed by atoms with E-state index in [0.29, 0.717) is 27.6 Å². The summed E-state index contributed by atoms with van der Waals surface area (Å²) in [4.78, 5) is 25.3. The molecule has 0 heterocycles. The standard InChI is InChI=1S/C23H17ClN2O3S/c24-18-4-3-5-19(12-18)26-22(27)14-29-23(28)20-6-1-2-7-21(20)30-15-17-10-8-16(13-25)9-11-17/h1-12H,14-15H2,(H,26,27). The number of esters is 1. The predicted octanol–water partition coefficient (Wildman–Crippen LogP) is 5.30. The maximum atomic E-state index is 12.5. The Morgan fingerprint density at radius 3 is 2.53 bits per heavy atom. The topological polar surface area (TPSA) is 79.2 Å². The lowest BCUT2D eigenvalue weighted by Gasteiger charge is -2.10. The lowest BCUT2D eigenvalue weighted by molar-refractivity contribution is -0.119. The molecule has 150 valence electrons. The molecule has 30 heavy (non-hydrogen) atoms. The van der Waals surface area contributed by atoms with Gasteiger partial charge in [0.05, 0.1) is 17.2 Å². The van der Waals surface area contributed by atoms with Gasteiger partial charge in [-0.1, -0.05) is 41.9 Å². The average molecular weight is 437 g/mol. The fourth-order valence-corrected chi connectivity index (χ4v) is 3.76. The largest absolute Gasteiger partial charge is 0.452 e. The molecule has 0 bridgehead atoms. The minimum Gasteiger partial charge on any atom is -0.452 e. The number of nitrogens with zero attached hydrogens (tertiary/aromatic N) is 1. The van der Waals surface area contributed by atoms with E-state index in [4.69, 9.17) is 21.6 Å². The van der Waals surface area contributed by atoms with Gasteiger partial charge >= 0.3 is 5.97 Å². The van der Waals surface area contributed by atoms with E-state index >= 15 is 0 Å². The van der Waals surface area contributed by atoms with Crippen molar-refractivity contribution in [2.24, 2.45) is 0 Å². The van der Waals surface area contributed by atoms with Crippen molar-refractivity contribution in [1.82, 2.24) is 0 Å². The van der Waals surface area contributed by atoms with E-state index < -0.39 is 18.5 Å². The number of carbonyl (C=O) groups is 2. The Kier molecular flexibility index (Phi) is 7.50. The summed E-state index contributed by atoms with van der Waals surface area (Å²) in [5.74, 6) is -0.391. The number of benzene rings is 3. The molecule has 0 aliphatic rings. The molecule has 0 aliphatic carbocycles. The molecule has 0 aromatic heterocycles. The van der Waals surface area contributed by atoms with E-state index in [2.05, 4.69) is 11.4 Å². The predicted molar refractivity (Wildman–Crippen MR) is 118 cm³/mol. The molecule has 0 saturated carbocycles. The molecule has 1 N–H and O–H groups in total. The van der Waals surface area contributed by atoms with Gasteiger partial charge in [-0.05, 0) is 48.0 Å². The molecule has 3 rings (SSSR count). The Hall–Kier alpha value is -3.27. The first-order valence-corrected chi connectivity index (χ1v) is 10.3. The summed E-state index contributed by atoms with van der Waals surface area (Å²) in [7, 11) is 0. The summed E-state index contributed by atoms with van der Waals surface area (Å²) < 4.78 is 5.18. The molecule has 3 aromatic rings. The van der Waals surface area contributed by atoms with Gasteiger partial charge in [0.15, 0.2) is 6.61 Å². The number of ether oxygens (including phenoxy) is 1. The van der Waals surface area contributed by atoms with Crippen LogP contribution in [0.1, 0.15) is 21.5 Å². The molecule has 0 fully saturated rings. The summed E-state index contributed by atoms with van der Waals surface area (Å²) in [6.45, 7) is -0.403. The first kappa shape index (κ1) is 21.4. The Morgan fingerprint density at radius 2 is 1.80 bits per heavy atom. The third-order valence-corrected chi connectivity index (χ3v) is 5.41. The molecule has 0 saturated heterocycles. The second kappa shape index (κ2) is 10.5. The van der Waals surface area contributed by atoms with Gasteiger partial charge in [-0.25, -0.2) is 4.79 Å². The number of hydrogen-bond acceptors (Lipinski definition) is 5. The van der Waals surface area contributed by atoms with E-state index in [1.54, 1.807) is 48.5 Å². The van der Waals surface area contributed by atoms with Crippen molar-refractivity contribution in [3.05, 3.63) is 94.5 Å². The van der Waals surface area contributed by atoms with Crippen LogP contribution in [0.2, 0.25) is 5.02 Å². The highest BCUT2D eigenvalue weighted by Gasteiger charge is 2.15. The summed E-state index contributed by atoms with van der Waals surface area (Å²) in [6.07, 6.45) is 0. The van der Waals surface area contributed by atoms with Crippen LogP contribution in [-0.4, -0.2) is 18.5 Å². The molecule has 5 nitrogen and oxygen atoms in total. The van der Waals surface area contributed by atoms with E-state index in [1.165, 1.54) is 11.8 Å². The zero-order valence-corrected chi connectivity index (χ0v) is 17.4. The number of carbonyl (C=O) groups excluding carboxylic acids is 2. The Balaban J connectivity index is 1.58. The summed E-state index contributed by atoms with van der Waals surface area (Å²) >= 11 is 7.37. The van der Waals surface area contributed by atoms with E-state index in [9.17, 15) is 9.59 Å². The number of halogens is 1. The number of hydrogen-bond donors (Lipinski definition) is 1. The lowest BCUT2D eigenvalue weighted by atomic mass is 10.2. The van der Waals surface area contributed by atoms with Crippen molar-refractivity contribution >= 4 is 40.9 Å². The molecule has 0 radical (unpaired) electrons. The molecular weight excluding hydrogens is 420 g/mol. The second-order valence-corrected chi connectivity index (χ2v) is 7.68. The van der Waals surface area contributed by atoms with Crippen LogP contribution in [0.3, 0.4) is 0 Å². The number of nitrogens with one attached hydrogen (secondary N) is 1. The lowest BCUT2D eigenvalue weighted by Crippen LogP contribution is -2.21. The molecule has 0 aliphatic heterocycles. The third kappa shape index (κ3) is 6.11. The summed E-state index contributed by atoms with van der Waals surface area (Å²) in [6, 6.07) is 23.2. The van der Waals surface area contributed by atoms with Crippen LogP contribution in [0.4, 0.5) is 5.69 Å². The smallest absolute Gasteiger partial charge is 0.339 e. The van der Waals surface area contributed by atoms with Crippen LogP contribution < -0.4 is 5.32 Å². The van der Waals surface area contributed by atoms with Crippen LogP contribution in [0.25, 0.3) is 0 Å². The van der Waals surface area contributed by atoms with Crippen molar-refractivity contribution < 1.29 is 14.3 Å². The highest BCUT2D eigenvalue weighted by atomic mass is 35.5. The van der Waals surface area contributed by atoms with Crippen LogP contribution in [0.5, 0.6) is 0 Å². The molecule has 7 heteroatoms. The Bertz CT molecular complexity index is 1090. The summed E-state index contributed by atoms with van der Waals surface area (Å²) in [5, 5.41) is 12.0. The Morgan fingerprint density at radius 1 is 1.03 bits per heavy atom. The zero-order valence-electron chi connectivity index (χ0n) is 15.8. The molecule has 1 amide bonds. The van der Waals surface area contributed by atoms with Gasteiger partial charge < -0.3 is 10.1 Å². The molecule has 0 atom stereocenters. The second-order valence-electron chi connectivity index (χ2n) is 6.23. The minimum absolute atomic E-state index is 0.395. The first-order valence-electron chi connectivity index (χ1n) is 8.98. The zero-order chi connectivity index (χ0) is 21.3. The highest BCUT2D eigenvalue weighted by Crippen LogP contribution is 2.27. The fraction of sp³-hybridized carbons (Fsp3) is 0.0870. The number of anilines is 1. The van der Waals surface area contributed by atoms with Gasteiger partial charge in [0.2, 0.25) is 0 Å². The van der Waals surface area contributed by atoms with Gasteiger partial charge in [0.1, 0.15) is 0 Å². The molecule has 0 unspecified atom stereocenters.